The summed E-state index contributed by atoms with van der Waals surface area (Å²) >= 11 is 0. The van der Waals surface area contributed by atoms with Gasteiger partial charge in [-0.15, -0.1) is 0 Å². The zero-order chi connectivity index (χ0) is 34.3. The Morgan fingerprint density at radius 1 is 0.680 bits per heavy atom. The second kappa shape index (κ2) is 15.6. The van der Waals surface area contributed by atoms with Gasteiger partial charge in [-0.1, -0.05) is 30.3 Å². The molecule has 256 valence electrons. The van der Waals surface area contributed by atoms with Crippen LogP contribution in [0, 0.1) is 0 Å². The fourth-order valence-electron chi connectivity index (χ4n) is 6.85. The number of aromatic nitrogens is 3. The van der Waals surface area contributed by atoms with Gasteiger partial charge in [0.1, 0.15) is 0 Å². The normalized spacial score (nSPS) is 15.0. The number of aliphatic hydroxyl groups is 1. The van der Waals surface area contributed by atoms with E-state index in [4.69, 9.17) is 14.8 Å². The van der Waals surface area contributed by atoms with E-state index in [0.717, 1.165) is 72.0 Å². The van der Waals surface area contributed by atoms with Crippen LogP contribution in [-0.4, -0.2) is 99.1 Å². The summed E-state index contributed by atoms with van der Waals surface area (Å²) in [5.41, 5.74) is 6.16. The second-order valence-corrected chi connectivity index (χ2v) is 12.6. The smallest absolute Gasteiger partial charge is 0.261 e. The molecule has 2 aliphatic rings. The van der Waals surface area contributed by atoms with Gasteiger partial charge < -0.3 is 14.7 Å². The van der Waals surface area contributed by atoms with Crippen molar-refractivity contribution in [2.45, 2.75) is 26.2 Å². The van der Waals surface area contributed by atoms with Crippen LogP contribution in [0.4, 0.5) is 5.69 Å². The first-order valence-corrected chi connectivity index (χ1v) is 17.1. The zero-order valence-corrected chi connectivity index (χ0v) is 28.0. The van der Waals surface area contributed by atoms with Crippen LogP contribution in [-0.2, 0) is 30.9 Å². The molecule has 3 aromatic heterocycles. The van der Waals surface area contributed by atoms with E-state index in [-0.39, 0.29) is 38.2 Å². The van der Waals surface area contributed by atoms with Gasteiger partial charge >= 0.3 is 0 Å². The van der Waals surface area contributed by atoms with Crippen molar-refractivity contribution in [2.24, 2.45) is 0 Å². The van der Waals surface area contributed by atoms with Crippen LogP contribution >= 0.6 is 0 Å². The number of pyridine rings is 3. The summed E-state index contributed by atoms with van der Waals surface area (Å²) in [6, 6.07) is 27.8. The molecule has 11 heteroatoms. The van der Waals surface area contributed by atoms with Crippen molar-refractivity contribution in [2.75, 3.05) is 57.4 Å². The quantitative estimate of drug-likeness (QED) is 0.136. The topological polar surface area (TPSA) is 115 Å². The molecule has 0 radical (unpaired) electrons. The Morgan fingerprint density at radius 2 is 1.32 bits per heavy atom. The van der Waals surface area contributed by atoms with Crippen molar-refractivity contribution in [3.8, 4) is 0 Å². The molecule has 0 unspecified atom stereocenters. The lowest BCUT2D eigenvalue weighted by atomic mass is 9.92. The molecular weight excluding hydrogens is 630 g/mol. The lowest BCUT2D eigenvalue weighted by molar-refractivity contribution is 0.0478. The maximum atomic E-state index is 13.4. The van der Waals surface area contributed by atoms with Gasteiger partial charge in [-0.3, -0.25) is 39.2 Å². The Balaban J connectivity index is 1.00. The summed E-state index contributed by atoms with van der Waals surface area (Å²) in [5, 5.41) is 10.6. The molecule has 50 heavy (non-hydrogen) atoms. The predicted octanol–water partition coefficient (Wildman–Crippen LogP) is 4.15. The summed E-state index contributed by atoms with van der Waals surface area (Å²) in [4.78, 5) is 49.3. The van der Waals surface area contributed by atoms with Gasteiger partial charge in [0.15, 0.2) is 0 Å². The summed E-state index contributed by atoms with van der Waals surface area (Å²) in [5.74, 6) is -0.622. The summed E-state index contributed by atoms with van der Waals surface area (Å²) in [7, 11) is 0. The number of rotatable bonds is 14. The molecule has 0 atom stereocenters. The second-order valence-electron chi connectivity index (χ2n) is 12.6. The number of imide groups is 1. The van der Waals surface area contributed by atoms with Crippen LogP contribution in [0.5, 0.6) is 0 Å². The first-order valence-electron chi connectivity index (χ1n) is 17.1. The summed E-state index contributed by atoms with van der Waals surface area (Å²) < 4.78 is 5.33. The number of amides is 2. The van der Waals surface area contributed by atoms with Crippen molar-refractivity contribution in [1.82, 2.24) is 29.7 Å². The van der Waals surface area contributed by atoms with Crippen LogP contribution in [0.1, 0.15) is 43.5 Å². The molecule has 0 saturated carbocycles. The van der Waals surface area contributed by atoms with Gasteiger partial charge in [0.05, 0.1) is 49.1 Å². The van der Waals surface area contributed by atoms with Crippen molar-refractivity contribution in [3.05, 3.63) is 131 Å². The van der Waals surface area contributed by atoms with Crippen molar-refractivity contribution in [3.63, 3.8) is 0 Å². The van der Waals surface area contributed by atoms with Gasteiger partial charge in [-0.05, 0) is 54.6 Å². The first-order chi connectivity index (χ1) is 24.6. The molecule has 1 N–H and O–H groups in total. The minimum absolute atomic E-state index is 0.106. The van der Waals surface area contributed by atoms with E-state index in [2.05, 4.69) is 42.9 Å². The van der Waals surface area contributed by atoms with Crippen molar-refractivity contribution >= 4 is 28.3 Å². The molecular formula is C39H41N7O4. The third-order valence-corrected chi connectivity index (χ3v) is 9.24. The standard InChI is InChI=1S/C39H41N7O4/c47-22-24-50-23-21-46-38(48)34-12-6-11-33-36(14-13-35(37(33)34)39(46)49)45-19-17-43(18-20-45)27-31-9-5-10-32(42-31)28-44(25-29-7-1-3-15-40-29)26-30-8-2-4-16-41-30/h1-16,47H,17-28H2. The predicted molar refractivity (Wildman–Crippen MR) is 190 cm³/mol. The lowest BCUT2D eigenvalue weighted by Crippen LogP contribution is -2.46. The number of nitrogens with zero attached hydrogens (tertiary/aromatic N) is 7. The molecule has 5 aromatic rings. The number of anilines is 1. The van der Waals surface area contributed by atoms with E-state index >= 15 is 0 Å². The molecule has 1 fully saturated rings. The van der Waals surface area contributed by atoms with Crippen LogP contribution < -0.4 is 4.90 Å². The Hall–Kier alpha value is -5.07. The highest BCUT2D eigenvalue weighted by molar-refractivity contribution is 6.26. The Morgan fingerprint density at radius 3 is 2.00 bits per heavy atom. The minimum atomic E-state index is -0.311. The average Bonchev–Trinajstić information content (AvgIpc) is 3.15. The van der Waals surface area contributed by atoms with Crippen LogP contribution in [0.15, 0.2) is 97.3 Å². The van der Waals surface area contributed by atoms with Gasteiger partial charge in [-0.25, -0.2) is 0 Å². The van der Waals surface area contributed by atoms with Crippen LogP contribution in [0.2, 0.25) is 0 Å². The number of carbonyl (C=O) groups excluding carboxylic acids is 2. The maximum absolute atomic E-state index is 13.4. The lowest BCUT2D eigenvalue weighted by Gasteiger charge is -2.37. The molecule has 1 saturated heterocycles. The molecule has 0 aliphatic carbocycles. The average molecular weight is 672 g/mol. The Labute approximate surface area is 291 Å². The minimum Gasteiger partial charge on any atom is -0.394 e. The van der Waals surface area contributed by atoms with Gasteiger partial charge in [-0.2, -0.15) is 0 Å². The molecule has 0 spiro atoms. The van der Waals surface area contributed by atoms with E-state index in [9.17, 15) is 9.59 Å². The van der Waals surface area contributed by atoms with Crippen molar-refractivity contribution in [1.29, 1.82) is 0 Å². The third kappa shape index (κ3) is 7.56. The van der Waals surface area contributed by atoms with Gasteiger partial charge in [0.25, 0.3) is 11.8 Å². The van der Waals surface area contributed by atoms with Crippen LogP contribution in [0.25, 0.3) is 10.8 Å². The number of ether oxygens (including phenoxy) is 1. The zero-order valence-electron chi connectivity index (χ0n) is 28.0. The first kappa shape index (κ1) is 33.4. The maximum Gasteiger partial charge on any atom is 0.261 e. The number of hydrogen-bond acceptors (Lipinski definition) is 10. The molecule has 2 aromatic carbocycles. The van der Waals surface area contributed by atoms with E-state index < -0.39 is 0 Å². The SMILES string of the molecule is O=C1c2cccc3c(N4CCN(Cc5cccc(CN(Cc6ccccn6)Cc6ccccn6)n5)CC4)ccc(c23)C(=O)N1CCOCCO. The molecule has 5 heterocycles. The molecule has 2 amide bonds. The van der Waals surface area contributed by atoms with E-state index in [1.54, 1.807) is 6.07 Å². The Bertz CT molecular complexity index is 1870. The van der Waals surface area contributed by atoms with Gasteiger partial charge in [0.2, 0.25) is 0 Å². The molecule has 7 rings (SSSR count). The third-order valence-electron chi connectivity index (χ3n) is 9.24. The number of hydrogen-bond donors (Lipinski definition) is 1. The fourth-order valence-corrected chi connectivity index (χ4v) is 6.85. The number of benzene rings is 2. The van der Waals surface area contributed by atoms with Gasteiger partial charge in [0, 0.05) is 92.3 Å². The number of aliphatic hydroxyl groups excluding tert-OH is 1. The number of piperazine rings is 1. The Kier molecular flexibility index (Phi) is 10.5. The highest BCUT2D eigenvalue weighted by Gasteiger charge is 2.34. The van der Waals surface area contributed by atoms with E-state index in [1.807, 2.05) is 73.1 Å². The van der Waals surface area contributed by atoms with Crippen molar-refractivity contribution < 1.29 is 19.4 Å². The van der Waals surface area contributed by atoms with E-state index in [1.165, 1.54) is 4.90 Å². The largest absolute Gasteiger partial charge is 0.394 e. The summed E-state index contributed by atoms with van der Waals surface area (Å²) in [6.45, 7) is 6.57. The fraction of sp³-hybridized carbons (Fsp3) is 0.308. The highest BCUT2D eigenvalue weighted by Crippen LogP contribution is 2.36. The molecule has 0 bridgehead atoms. The van der Waals surface area contributed by atoms with E-state index in [0.29, 0.717) is 30.8 Å². The highest BCUT2D eigenvalue weighted by atomic mass is 16.5. The monoisotopic (exact) mass is 671 g/mol. The van der Waals surface area contributed by atoms with Crippen LogP contribution in [0.3, 0.4) is 0 Å². The molecule has 2 aliphatic heterocycles. The number of carbonyl (C=O) groups is 2. The summed E-state index contributed by atoms with van der Waals surface area (Å²) in [6.07, 6.45) is 3.66. The molecule has 11 nitrogen and oxygen atoms in total.